The van der Waals surface area contributed by atoms with Crippen molar-refractivity contribution in [3.8, 4) is 5.75 Å². The smallest absolute Gasteiger partial charge is 0.350 e. The average molecular weight is 270 g/mol. The molecule has 0 bridgehead atoms. The largest absolute Gasteiger partial charge is 0.501 e. The summed E-state index contributed by atoms with van der Waals surface area (Å²) in [7, 11) is 0. The molecule has 0 fully saturated rings. The highest BCUT2D eigenvalue weighted by Gasteiger charge is 2.28. The number of nitro groups is 2. The first kappa shape index (κ1) is 14.0. The van der Waals surface area contributed by atoms with Crippen molar-refractivity contribution in [3.63, 3.8) is 0 Å². The van der Waals surface area contributed by atoms with E-state index in [1.165, 1.54) is 0 Å². The number of phenolic OH excluding ortho intramolecular Hbond substituents is 1. The maximum atomic E-state index is 11.4. The lowest BCUT2D eigenvalue weighted by molar-refractivity contribution is -0.394. The molecule has 0 amide bonds. The van der Waals surface area contributed by atoms with Crippen LogP contribution in [0.1, 0.15) is 17.3 Å². The van der Waals surface area contributed by atoms with Crippen molar-refractivity contribution in [2.24, 2.45) is 0 Å². The Bertz CT molecular complexity index is 594. The zero-order valence-electron chi connectivity index (χ0n) is 9.35. The fourth-order valence-electron chi connectivity index (χ4n) is 1.19. The number of hydrogen-bond acceptors (Lipinski definition) is 8. The number of carbonyl (C=O) groups excluding carboxylic acids is 2. The Morgan fingerprint density at radius 1 is 1.21 bits per heavy atom. The first-order valence-corrected chi connectivity index (χ1v) is 4.62. The van der Waals surface area contributed by atoms with Crippen LogP contribution in [0.25, 0.3) is 0 Å². The number of hydrogen-bond donors (Lipinski definition) is 1. The first-order chi connectivity index (χ1) is 8.73. The topological polar surface area (TPSA) is 150 Å². The van der Waals surface area contributed by atoms with Gasteiger partial charge in [0.15, 0.2) is 0 Å². The van der Waals surface area contributed by atoms with Crippen molar-refractivity contribution in [1.29, 1.82) is 0 Å². The van der Waals surface area contributed by atoms with Crippen LogP contribution in [-0.2, 0) is 9.53 Å². The van der Waals surface area contributed by atoms with E-state index in [0.717, 1.165) is 6.92 Å². The number of ether oxygens (including phenoxy) is 1. The van der Waals surface area contributed by atoms with E-state index in [0.29, 0.717) is 12.1 Å². The van der Waals surface area contributed by atoms with Crippen LogP contribution >= 0.6 is 0 Å². The molecule has 0 saturated heterocycles. The highest BCUT2D eigenvalue weighted by Crippen LogP contribution is 2.34. The molecule has 0 saturated carbocycles. The molecule has 0 aromatic heterocycles. The van der Waals surface area contributed by atoms with Gasteiger partial charge in [0.05, 0.1) is 15.9 Å². The van der Waals surface area contributed by atoms with Crippen molar-refractivity contribution in [3.05, 3.63) is 37.9 Å². The molecule has 10 heteroatoms. The molecule has 1 rings (SSSR count). The zero-order valence-corrected chi connectivity index (χ0v) is 9.35. The summed E-state index contributed by atoms with van der Waals surface area (Å²) in [5.74, 6) is -3.56. The first-order valence-electron chi connectivity index (χ1n) is 4.62. The van der Waals surface area contributed by atoms with E-state index in [9.17, 15) is 34.9 Å². The fraction of sp³-hybridized carbons (Fsp3) is 0.111. The second kappa shape index (κ2) is 5.08. The van der Waals surface area contributed by atoms with Crippen LogP contribution in [0.3, 0.4) is 0 Å². The number of benzene rings is 1. The van der Waals surface area contributed by atoms with Crippen molar-refractivity contribution in [2.45, 2.75) is 6.92 Å². The van der Waals surface area contributed by atoms with Gasteiger partial charge in [-0.25, -0.2) is 4.79 Å². The van der Waals surface area contributed by atoms with Gasteiger partial charge in [-0.15, -0.1) is 0 Å². The molecule has 19 heavy (non-hydrogen) atoms. The monoisotopic (exact) mass is 270 g/mol. The fourth-order valence-corrected chi connectivity index (χ4v) is 1.19. The summed E-state index contributed by atoms with van der Waals surface area (Å²) in [6, 6.07) is 1.06. The second-order valence-corrected chi connectivity index (χ2v) is 3.26. The number of esters is 2. The molecule has 0 aliphatic heterocycles. The summed E-state index contributed by atoms with van der Waals surface area (Å²) in [5.41, 5.74) is -2.67. The van der Waals surface area contributed by atoms with Gasteiger partial charge in [0.25, 0.3) is 5.69 Å². The Labute approximate surface area is 104 Å². The maximum Gasteiger partial charge on any atom is 0.350 e. The van der Waals surface area contributed by atoms with Gasteiger partial charge < -0.3 is 9.84 Å². The molecule has 10 nitrogen and oxygen atoms in total. The van der Waals surface area contributed by atoms with Crippen LogP contribution < -0.4 is 0 Å². The molecule has 1 aromatic rings. The van der Waals surface area contributed by atoms with Gasteiger partial charge in [-0.1, -0.05) is 0 Å². The maximum absolute atomic E-state index is 11.4. The summed E-state index contributed by atoms with van der Waals surface area (Å²) >= 11 is 0. The zero-order chi connectivity index (χ0) is 14.7. The third kappa shape index (κ3) is 3.00. The lowest BCUT2D eigenvalue weighted by Crippen LogP contribution is -2.10. The van der Waals surface area contributed by atoms with Gasteiger partial charge in [-0.2, -0.15) is 0 Å². The molecule has 0 spiro atoms. The van der Waals surface area contributed by atoms with Gasteiger partial charge in [0.2, 0.25) is 5.75 Å². The molecule has 0 radical (unpaired) electrons. The summed E-state index contributed by atoms with van der Waals surface area (Å²) in [4.78, 5) is 41.0. The van der Waals surface area contributed by atoms with E-state index < -0.39 is 44.5 Å². The van der Waals surface area contributed by atoms with Gasteiger partial charge in [0, 0.05) is 13.0 Å². The molecule has 1 N–H and O–H groups in total. The third-order valence-electron chi connectivity index (χ3n) is 1.94. The van der Waals surface area contributed by atoms with Crippen molar-refractivity contribution in [2.75, 3.05) is 0 Å². The number of aromatic hydroxyl groups is 1. The highest BCUT2D eigenvalue weighted by atomic mass is 16.6. The summed E-state index contributed by atoms with van der Waals surface area (Å²) in [6.45, 7) is 0.890. The standard InChI is InChI=1S/C9H6N2O8/c1-4(12)19-9(14)6-2-5(10(15)16)3-7(8(6)13)11(17)18/h2-3,13H,1H3. The van der Waals surface area contributed by atoms with E-state index in [-0.39, 0.29) is 0 Å². The lowest BCUT2D eigenvalue weighted by Gasteiger charge is -2.03. The van der Waals surface area contributed by atoms with E-state index in [2.05, 4.69) is 4.74 Å². The minimum Gasteiger partial charge on any atom is -0.501 e. The average Bonchev–Trinajstić information content (AvgIpc) is 2.27. The van der Waals surface area contributed by atoms with Crippen molar-refractivity contribution >= 4 is 23.3 Å². The van der Waals surface area contributed by atoms with E-state index in [1.54, 1.807) is 0 Å². The van der Waals surface area contributed by atoms with Crippen molar-refractivity contribution in [1.82, 2.24) is 0 Å². The Balaban J connectivity index is 3.45. The summed E-state index contributed by atoms with van der Waals surface area (Å²) in [5, 5.41) is 30.6. The molecule has 0 aliphatic carbocycles. The van der Waals surface area contributed by atoms with Crippen LogP contribution in [0, 0.1) is 20.2 Å². The third-order valence-corrected chi connectivity index (χ3v) is 1.94. The SMILES string of the molecule is CC(=O)OC(=O)c1cc([N+](=O)[O-])cc([N+](=O)[O-])c1O. The number of rotatable bonds is 3. The number of carbonyl (C=O) groups is 2. The Morgan fingerprint density at radius 2 is 1.79 bits per heavy atom. The van der Waals surface area contributed by atoms with Crippen LogP contribution in [0.4, 0.5) is 11.4 Å². The molecule has 100 valence electrons. The van der Waals surface area contributed by atoms with Crippen LogP contribution in [0.2, 0.25) is 0 Å². The predicted molar refractivity (Wildman–Crippen MR) is 57.5 cm³/mol. The summed E-state index contributed by atoms with van der Waals surface area (Å²) < 4.78 is 4.10. The van der Waals surface area contributed by atoms with Crippen LogP contribution in [0.15, 0.2) is 12.1 Å². The normalized spacial score (nSPS) is 9.74. The van der Waals surface area contributed by atoms with Gasteiger partial charge in [0.1, 0.15) is 5.56 Å². The predicted octanol–water partition coefficient (Wildman–Crippen LogP) is 0.912. The molecule has 0 aliphatic rings. The van der Waals surface area contributed by atoms with E-state index in [1.807, 2.05) is 0 Å². The number of nitrogens with zero attached hydrogens (tertiary/aromatic N) is 2. The van der Waals surface area contributed by atoms with Crippen LogP contribution in [-0.4, -0.2) is 26.9 Å². The Hall–Kier alpha value is -3.04. The number of phenols is 1. The van der Waals surface area contributed by atoms with Gasteiger partial charge in [-0.3, -0.25) is 25.0 Å². The Morgan fingerprint density at radius 3 is 2.21 bits per heavy atom. The number of nitro benzene ring substituents is 2. The lowest BCUT2D eigenvalue weighted by atomic mass is 10.1. The second-order valence-electron chi connectivity index (χ2n) is 3.26. The van der Waals surface area contributed by atoms with Gasteiger partial charge in [-0.05, 0) is 0 Å². The molecular formula is C9H6N2O8. The molecular weight excluding hydrogens is 264 g/mol. The summed E-state index contributed by atoms with van der Waals surface area (Å²) in [6.07, 6.45) is 0. The highest BCUT2D eigenvalue weighted by molar-refractivity contribution is 6.00. The Kier molecular flexibility index (Phi) is 3.75. The van der Waals surface area contributed by atoms with Gasteiger partial charge >= 0.3 is 17.6 Å². The minimum absolute atomic E-state index is 0.486. The minimum atomic E-state index is -1.42. The van der Waals surface area contributed by atoms with E-state index >= 15 is 0 Å². The van der Waals surface area contributed by atoms with E-state index in [4.69, 9.17) is 0 Å². The van der Waals surface area contributed by atoms with Crippen LogP contribution in [0.5, 0.6) is 5.75 Å². The molecule has 1 aromatic carbocycles. The number of non-ortho nitro benzene ring substituents is 1. The molecule has 0 heterocycles. The molecule has 0 atom stereocenters. The molecule has 0 unspecified atom stereocenters. The quantitative estimate of drug-likeness (QED) is 0.368. The van der Waals surface area contributed by atoms with Crippen molar-refractivity contribution < 1.29 is 29.3 Å².